The third-order valence-corrected chi connectivity index (χ3v) is 10.9. The first-order valence-electron chi connectivity index (χ1n) is 11.0. The van der Waals surface area contributed by atoms with Crippen molar-refractivity contribution in [1.29, 1.82) is 0 Å². The number of hydrogen-bond donors (Lipinski definition) is 2. The first-order valence-corrected chi connectivity index (χ1v) is 11.8. The van der Waals surface area contributed by atoms with Crippen LogP contribution < -0.4 is 0 Å². The Hall–Kier alpha value is -1.31. The molecule has 0 aromatic carbocycles. The van der Waals surface area contributed by atoms with Crippen LogP contribution in [0.5, 0.6) is 0 Å². The van der Waals surface area contributed by atoms with Gasteiger partial charge in [0.2, 0.25) is 5.78 Å². The second-order valence-corrected chi connectivity index (χ2v) is 11.7. The summed E-state index contributed by atoms with van der Waals surface area (Å²) < 4.78 is 4.23. The van der Waals surface area contributed by atoms with Crippen molar-refractivity contribution in [2.75, 3.05) is 6.61 Å². The smallest absolute Gasteiger partial charge is 0.303 e. The largest absolute Gasteiger partial charge is 0.458 e. The van der Waals surface area contributed by atoms with Gasteiger partial charge >= 0.3 is 5.97 Å². The molecule has 0 radical (unpaired) electrons. The Bertz CT molecular complexity index is 910. The van der Waals surface area contributed by atoms with Crippen LogP contribution >= 0.6 is 15.9 Å². The number of ether oxygens (including phenoxy) is 1. The highest BCUT2D eigenvalue weighted by molar-refractivity contribution is 9.10. The van der Waals surface area contributed by atoms with Gasteiger partial charge in [-0.25, -0.2) is 0 Å². The predicted octanol–water partition coefficient (Wildman–Crippen LogP) is 2.89. The van der Waals surface area contributed by atoms with E-state index in [1.54, 1.807) is 6.08 Å². The summed E-state index contributed by atoms with van der Waals surface area (Å²) in [6.45, 7) is 6.60. The Kier molecular flexibility index (Phi) is 5.23. The molecule has 170 valence electrons. The van der Waals surface area contributed by atoms with E-state index in [1.807, 2.05) is 26.0 Å². The number of esters is 1. The summed E-state index contributed by atoms with van der Waals surface area (Å²) >= 11 is 3.97. The normalized spacial score (nSPS) is 48.4. The second-order valence-electron chi connectivity index (χ2n) is 10.4. The van der Waals surface area contributed by atoms with Gasteiger partial charge in [0.1, 0.15) is 5.60 Å². The molecule has 0 bridgehead atoms. The van der Waals surface area contributed by atoms with E-state index in [0.29, 0.717) is 19.3 Å². The summed E-state index contributed by atoms with van der Waals surface area (Å²) in [4.78, 5) is 36.4. The maximum Gasteiger partial charge on any atom is 0.303 e. The minimum Gasteiger partial charge on any atom is -0.458 e. The van der Waals surface area contributed by atoms with Gasteiger partial charge in [0.05, 0.1) is 10.4 Å². The molecule has 0 aliphatic heterocycles. The molecule has 8 atom stereocenters. The van der Waals surface area contributed by atoms with Crippen molar-refractivity contribution >= 4 is 33.5 Å². The SMILES string of the molecule is CC(=O)OCC(=O)[C@@]1(O)C(C)C[C@H]2[C@@H]3C=CC4=CC(=O)CC[C@]4(C)[C@@]3(Br)C(O)C[C@@]21C. The number of halogens is 1. The lowest BCUT2D eigenvalue weighted by molar-refractivity contribution is -0.178. The van der Waals surface area contributed by atoms with E-state index in [4.69, 9.17) is 4.74 Å². The molecular formula is C24H31BrO6. The van der Waals surface area contributed by atoms with E-state index >= 15 is 0 Å². The van der Waals surface area contributed by atoms with Crippen LogP contribution in [-0.2, 0) is 19.1 Å². The first-order chi connectivity index (χ1) is 14.3. The highest BCUT2D eigenvalue weighted by Gasteiger charge is 2.74. The molecule has 0 aromatic heterocycles. The number of rotatable bonds is 3. The third kappa shape index (κ3) is 2.78. The summed E-state index contributed by atoms with van der Waals surface area (Å²) in [6.07, 6.45) is 6.79. The zero-order valence-electron chi connectivity index (χ0n) is 18.5. The number of aliphatic hydroxyl groups excluding tert-OH is 1. The molecule has 2 N–H and O–H groups in total. The minimum absolute atomic E-state index is 0.0659. The second kappa shape index (κ2) is 7.09. The summed E-state index contributed by atoms with van der Waals surface area (Å²) in [6, 6.07) is 0. The predicted molar refractivity (Wildman–Crippen MR) is 117 cm³/mol. The van der Waals surface area contributed by atoms with Gasteiger partial charge in [0, 0.05) is 24.2 Å². The molecule has 6 nitrogen and oxygen atoms in total. The third-order valence-electron chi connectivity index (χ3n) is 9.02. The first kappa shape index (κ1) is 22.9. The van der Waals surface area contributed by atoms with Crippen LogP contribution in [0.1, 0.15) is 53.4 Å². The highest BCUT2D eigenvalue weighted by atomic mass is 79.9. The van der Waals surface area contributed by atoms with Crippen LogP contribution in [0.25, 0.3) is 0 Å². The van der Waals surface area contributed by atoms with Crippen molar-refractivity contribution in [3.63, 3.8) is 0 Å². The van der Waals surface area contributed by atoms with Gasteiger partial charge in [-0.05, 0) is 48.7 Å². The summed E-state index contributed by atoms with van der Waals surface area (Å²) in [5.41, 5.74) is -2.09. The number of carbonyl (C=O) groups is 3. The van der Waals surface area contributed by atoms with Crippen LogP contribution in [0.2, 0.25) is 0 Å². The average molecular weight is 495 g/mol. The Labute approximate surface area is 191 Å². The number of ketones is 2. The number of fused-ring (bicyclic) bond motifs is 5. The molecule has 0 amide bonds. The molecule has 2 unspecified atom stereocenters. The number of alkyl halides is 1. The van der Waals surface area contributed by atoms with Crippen LogP contribution in [0, 0.1) is 28.6 Å². The fourth-order valence-electron chi connectivity index (χ4n) is 7.23. The quantitative estimate of drug-likeness (QED) is 0.462. The van der Waals surface area contributed by atoms with Crippen LogP contribution in [0.4, 0.5) is 0 Å². The van der Waals surface area contributed by atoms with E-state index in [9.17, 15) is 24.6 Å². The molecule has 2 fully saturated rings. The molecule has 0 spiro atoms. The van der Waals surface area contributed by atoms with E-state index in [-0.39, 0.29) is 30.0 Å². The lowest BCUT2D eigenvalue weighted by Gasteiger charge is -2.63. The van der Waals surface area contributed by atoms with Gasteiger partial charge < -0.3 is 14.9 Å². The molecule has 4 rings (SSSR count). The minimum atomic E-state index is -1.70. The van der Waals surface area contributed by atoms with Crippen LogP contribution in [0.15, 0.2) is 23.8 Å². The van der Waals surface area contributed by atoms with Gasteiger partial charge in [-0.2, -0.15) is 0 Å². The van der Waals surface area contributed by atoms with Crippen molar-refractivity contribution in [2.24, 2.45) is 28.6 Å². The van der Waals surface area contributed by atoms with E-state index in [2.05, 4.69) is 22.9 Å². The fourth-order valence-corrected chi connectivity index (χ4v) is 8.29. The molecule has 7 heteroatoms. The molecule has 0 aromatic rings. The molecule has 4 aliphatic carbocycles. The highest BCUT2D eigenvalue weighted by Crippen LogP contribution is 2.71. The fraction of sp³-hybridized carbons (Fsp3) is 0.708. The van der Waals surface area contributed by atoms with Crippen LogP contribution in [-0.4, -0.2) is 50.4 Å². The molecule has 2 saturated carbocycles. The molecule has 4 aliphatic rings. The maximum absolute atomic E-state index is 13.1. The molecule has 0 saturated heterocycles. The van der Waals surface area contributed by atoms with Gasteiger partial charge in [-0.15, -0.1) is 0 Å². The van der Waals surface area contributed by atoms with E-state index < -0.39 is 45.2 Å². The Balaban J connectivity index is 1.79. The zero-order valence-corrected chi connectivity index (χ0v) is 20.1. The molecular weight excluding hydrogens is 464 g/mol. The van der Waals surface area contributed by atoms with Crippen molar-refractivity contribution in [3.05, 3.63) is 23.8 Å². The maximum atomic E-state index is 13.1. The monoisotopic (exact) mass is 494 g/mol. The molecule has 31 heavy (non-hydrogen) atoms. The van der Waals surface area contributed by atoms with Gasteiger partial charge in [0.15, 0.2) is 12.4 Å². The van der Waals surface area contributed by atoms with Gasteiger partial charge in [0.25, 0.3) is 0 Å². The number of Topliss-reactive ketones (excluding diaryl/α,β-unsaturated/α-hetero) is 1. The molecule has 0 heterocycles. The van der Waals surface area contributed by atoms with Crippen molar-refractivity contribution < 1.29 is 29.3 Å². The number of aliphatic hydroxyl groups is 2. The van der Waals surface area contributed by atoms with Crippen LogP contribution in [0.3, 0.4) is 0 Å². The Morgan fingerprint density at radius 3 is 2.65 bits per heavy atom. The average Bonchev–Trinajstić information content (AvgIpc) is 2.89. The zero-order chi connectivity index (χ0) is 23.0. The van der Waals surface area contributed by atoms with Crippen molar-refractivity contribution in [1.82, 2.24) is 0 Å². The van der Waals surface area contributed by atoms with Crippen molar-refractivity contribution in [2.45, 2.75) is 69.4 Å². The van der Waals surface area contributed by atoms with Gasteiger partial charge in [-0.3, -0.25) is 14.4 Å². The number of allylic oxidation sites excluding steroid dienone is 4. The summed E-state index contributed by atoms with van der Waals surface area (Å²) in [5.74, 6) is -1.52. The topological polar surface area (TPSA) is 101 Å². The standard InChI is InChI=1S/C24H31BrO6/c1-13-9-18-17-6-5-15-10-16(27)7-8-21(15,3)23(17,25)19(28)11-22(18,4)24(13,30)20(29)12-31-14(2)26/h5-6,10,13,17-19,28,30H,7-9,11-12H2,1-4H3/t13?,17-,18-,19?,21-,22-,23-,24-/m0/s1. The lowest BCUT2D eigenvalue weighted by atomic mass is 9.46. The summed E-state index contributed by atoms with van der Waals surface area (Å²) in [7, 11) is 0. The summed E-state index contributed by atoms with van der Waals surface area (Å²) in [5, 5.41) is 23.3. The Morgan fingerprint density at radius 1 is 1.32 bits per heavy atom. The van der Waals surface area contributed by atoms with Crippen molar-refractivity contribution in [3.8, 4) is 0 Å². The van der Waals surface area contributed by atoms with E-state index in [1.165, 1.54) is 6.92 Å². The Morgan fingerprint density at radius 2 is 2.00 bits per heavy atom. The van der Waals surface area contributed by atoms with E-state index in [0.717, 1.165) is 5.57 Å². The lowest BCUT2D eigenvalue weighted by Crippen LogP contribution is -2.68. The van der Waals surface area contributed by atoms with Gasteiger partial charge in [-0.1, -0.05) is 48.9 Å². The number of hydrogen-bond acceptors (Lipinski definition) is 6. The number of carbonyl (C=O) groups excluding carboxylic acids is 3.